The van der Waals surface area contributed by atoms with Gasteiger partial charge in [-0.05, 0) is 49.9 Å². The van der Waals surface area contributed by atoms with E-state index in [-0.39, 0.29) is 17.5 Å². The zero-order valence-corrected chi connectivity index (χ0v) is 21.0. The summed E-state index contributed by atoms with van der Waals surface area (Å²) in [4.78, 5) is 37.4. The minimum atomic E-state index is -0.0376. The molecule has 0 radical (unpaired) electrons. The molecule has 0 aliphatic heterocycles. The Hall–Kier alpha value is -2.16. The second-order valence-electron chi connectivity index (χ2n) is 8.35. The van der Waals surface area contributed by atoms with Gasteiger partial charge in [0.15, 0.2) is 0 Å². The maximum Gasteiger partial charge on any atom is 0.259 e. The highest BCUT2D eigenvalue weighted by Crippen LogP contribution is 2.33. The van der Waals surface area contributed by atoms with Crippen molar-refractivity contribution in [2.24, 2.45) is 0 Å². The molecule has 2 aromatic heterocycles. The third-order valence-corrected chi connectivity index (χ3v) is 8.41. The van der Waals surface area contributed by atoms with Crippen LogP contribution in [-0.4, -0.2) is 46.2 Å². The number of benzene rings is 1. The lowest BCUT2D eigenvalue weighted by atomic mass is 9.97. The highest BCUT2D eigenvalue weighted by Gasteiger charge is 2.20. The van der Waals surface area contributed by atoms with Crippen molar-refractivity contribution in [1.82, 2.24) is 20.2 Å². The Morgan fingerprint density at radius 3 is 2.73 bits per heavy atom. The number of aryl methyl sites for hydroxylation is 2. The molecule has 1 amide bonds. The SMILES string of the molecule is CCN(CC)C(CNC(=O)CSCc1nc2sc3c(c2c(=O)[nH]1)CCCC3)c1ccccc1. The Morgan fingerprint density at radius 1 is 1.21 bits per heavy atom. The van der Waals surface area contributed by atoms with Gasteiger partial charge < -0.3 is 10.3 Å². The number of rotatable bonds is 10. The number of amides is 1. The smallest absolute Gasteiger partial charge is 0.259 e. The lowest BCUT2D eigenvalue weighted by Crippen LogP contribution is -2.38. The van der Waals surface area contributed by atoms with Gasteiger partial charge in [0.25, 0.3) is 5.56 Å². The molecular formula is C25H32N4O2S2. The van der Waals surface area contributed by atoms with Crippen LogP contribution in [-0.2, 0) is 23.4 Å². The monoisotopic (exact) mass is 484 g/mol. The molecule has 1 unspecified atom stereocenters. The van der Waals surface area contributed by atoms with Gasteiger partial charge in [-0.1, -0.05) is 44.2 Å². The Balaban J connectivity index is 1.33. The van der Waals surface area contributed by atoms with E-state index in [0.29, 0.717) is 23.9 Å². The quantitative estimate of drug-likeness (QED) is 0.449. The Morgan fingerprint density at radius 2 is 1.97 bits per heavy atom. The Kier molecular flexibility index (Phi) is 8.22. The standard InChI is InChI=1S/C25H32N4O2S2/c1-3-29(4-2)19(17-10-6-5-7-11-17)14-26-22(30)16-32-15-21-27-24(31)23-18-12-8-9-13-20(18)33-25(23)28-21/h5-7,10-11,19H,3-4,8-9,12-16H2,1-2H3,(H,26,30)(H,27,28,31). The van der Waals surface area contributed by atoms with Crippen LogP contribution < -0.4 is 10.9 Å². The second-order valence-corrected chi connectivity index (χ2v) is 10.4. The maximum atomic E-state index is 12.7. The van der Waals surface area contributed by atoms with Crippen LogP contribution in [0.1, 0.15) is 54.6 Å². The van der Waals surface area contributed by atoms with E-state index in [9.17, 15) is 9.59 Å². The van der Waals surface area contributed by atoms with Crippen molar-refractivity contribution in [3.8, 4) is 0 Å². The van der Waals surface area contributed by atoms with Gasteiger partial charge in [-0.25, -0.2) is 4.98 Å². The number of aromatic nitrogens is 2. The lowest BCUT2D eigenvalue weighted by Gasteiger charge is -2.30. The van der Waals surface area contributed by atoms with Gasteiger partial charge in [-0.15, -0.1) is 23.1 Å². The number of carbonyl (C=O) groups excluding carboxylic acids is 1. The van der Waals surface area contributed by atoms with Crippen LogP contribution in [0, 0.1) is 0 Å². The molecule has 0 saturated heterocycles. The van der Waals surface area contributed by atoms with Crippen molar-refractivity contribution in [1.29, 1.82) is 0 Å². The number of thiophene rings is 1. The summed E-state index contributed by atoms with van der Waals surface area (Å²) < 4.78 is 0. The molecule has 4 rings (SSSR count). The van der Waals surface area contributed by atoms with Crippen LogP contribution in [0.25, 0.3) is 10.2 Å². The molecule has 0 bridgehead atoms. The van der Waals surface area contributed by atoms with Crippen molar-refractivity contribution in [2.45, 2.75) is 51.3 Å². The predicted molar refractivity (Wildman–Crippen MR) is 138 cm³/mol. The molecule has 8 heteroatoms. The first-order valence-electron chi connectivity index (χ1n) is 11.8. The van der Waals surface area contributed by atoms with Crippen molar-refractivity contribution < 1.29 is 4.79 Å². The Bertz CT molecular complexity index is 1140. The van der Waals surface area contributed by atoms with Gasteiger partial charge in [-0.3, -0.25) is 14.5 Å². The van der Waals surface area contributed by atoms with E-state index in [1.165, 1.54) is 34.2 Å². The molecule has 3 aromatic rings. The van der Waals surface area contributed by atoms with Gasteiger partial charge in [-0.2, -0.15) is 0 Å². The van der Waals surface area contributed by atoms with E-state index in [0.717, 1.165) is 42.6 Å². The number of likely N-dealkylation sites (N-methyl/N-ethyl adjacent to an activating group) is 1. The van der Waals surface area contributed by atoms with E-state index in [2.05, 4.69) is 41.2 Å². The summed E-state index contributed by atoms with van der Waals surface area (Å²) in [7, 11) is 0. The number of carbonyl (C=O) groups is 1. The number of thioether (sulfide) groups is 1. The zero-order chi connectivity index (χ0) is 23.2. The fraction of sp³-hybridized carbons (Fsp3) is 0.480. The van der Waals surface area contributed by atoms with Crippen LogP contribution in [0.15, 0.2) is 35.1 Å². The van der Waals surface area contributed by atoms with Gasteiger partial charge >= 0.3 is 0 Å². The second kappa shape index (κ2) is 11.3. The number of nitrogens with one attached hydrogen (secondary N) is 2. The van der Waals surface area contributed by atoms with Crippen LogP contribution in [0.5, 0.6) is 0 Å². The first-order valence-corrected chi connectivity index (χ1v) is 13.7. The van der Waals surface area contributed by atoms with Gasteiger partial charge in [0, 0.05) is 11.4 Å². The zero-order valence-electron chi connectivity index (χ0n) is 19.4. The fourth-order valence-corrected chi connectivity index (χ4v) is 6.58. The van der Waals surface area contributed by atoms with Crippen LogP contribution in [0.3, 0.4) is 0 Å². The summed E-state index contributed by atoms with van der Waals surface area (Å²) in [6.07, 6.45) is 4.36. The average molecular weight is 485 g/mol. The number of fused-ring (bicyclic) bond motifs is 3. The van der Waals surface area contributed by atoms with E-state index >= 15 is 0 Å². The van der Waals surface area contributed by atoms with Crippen LogP contribution >= 0.6 is 23.1 Å². The summed E-state index contributed by atoms with van der Waals surface area (Å²) in [6, 6.07) is 10.5. The summed E-state index contributed by atoms with van der Waals surface area (Å²) >= 11 is 3.14. The van der Waals surface area contributed by atoms with E-state index < -0.39 is 0 Å². The first-order chi connectivity index (χ1) is 16.1. The highest BCUT2D eigenvalue weighted by molar-refractivity contribution is 7.99. The number of H-pyrrole nitrogens is 1. The van der Waals surface area contributed by atoms with Crippen LogP contribution in [0.2, 0.25) is 0 Å². The van der Waals surface area contributed by atoms with Gasteiger partial charge in [0.2, 0.25) is 5.91 Å². The topological polar surface area (TPSA) is 78.1 Å². The van der Waals surface area contributed by atoms with E-state index in [1.807, 2.05) is 18.2 Å². The number of aromatic amines is 1. The third-order valence-electron chi connectivity index (χ3n) is 6.28. The van der Waals surface area contributed by atoms with Crippen LogP contribution in [0.4, 0.5) is 0 Å². The van der Waals surface area contributed by atoms with Crippen molar-refractivity contribution in [3.63, 3.8) is 0 Å². The molecule has 0 spiro atoms. The molecule has 1 atom stereocenters. The molecular weight excluding hydrogens is 452 g/mol. The molecule has 0 fully saturated rings. The van der Waals surface area contributed by atoms with Crippen molar-refractivity contribution in [3.05, 3.63) is 62.5 Å². The third kappa shape index (κ3) is 5.67. The first kappa shape index (κ1) is 24.0. The van der Waals surface area contributed by atoms with E-state index in [4.69, 9.17) is 4.98 Å². The molecule has 1 aliphatic rings. The highest BCUT2D eigenvalue weighted by atomic mass is 32.2. The summed E-state index contributed by atoms with van der Waals surface area (Å²) in [5.74, 6) is 1.50. The molecule has 1 aliphatic carbocycles. The predicted octanol–water partition coefficient (Wildman–Crippen LogP) is 4.30. The van der Waals surface area contributed by atoms with Gasteiger partial charge in [0.1, 0.15) is 10.7 Å². The largest absolute Gasteiger partial charge is 0.353 e. The molecule has 0 saturated carbocycles. The maximum absolute atomic E-state index is 12.7. The van der Waals surface area contributed by atoms with Crippen molar-refractivity contribution >= 4 is 39.2 Å². The summed E-state index contributed by atoms with van der Waals surface area (Å²) in [5, 5.41) is 3.88. The van der Waals surface area contributed by atoms with E-state index in [1.54, 1.807) is 11.3 Å². The Labute approximate surface area is 203 Å². The molecule has 1 aromatic carbocycles. The van der Waals surface area contributed by atoms with Crippen molar-refractivity contribution in [2.75, 3.05) is 25.4 Å². The number of hydrogen-bond donors (Lipinski definition) is 2. The molecule has 2 N–H and O–H groups in total. The molecule has 2 heterocycles. The summed E-state index contributed by atoms with van der Waals surface area (Å²) in [5.41, 5.74) is 2.38. The lowest BCUT2D eigenvalue weighted by molar-refractivity contribution is -0.118. The summed E-state index contributed by atoms with van der Waals surface area (Å²) in [6.45, 7) is 6.72. The molecule has 176 valence electrons. The normalized spacial score (nSPS) is 14.4. The minimum Gasteiger partial charge on any atom is -0.353 e. The fourth-order valence-electron chi connectivity index (χ4n) is 4.58. The number of hydrogen-bond acceptors (Lipinski definition) is 6. The average Bonchev–Trinajstić information content (AvgIpc) is 3.21. The molecule has 6 nitrogen and oxygen atoms in total. The minimum absolute atomic E-state index is 0.00287. The molecule has 33 heavy (non-hydrogen) atoms. The van der Waals surface area contributed by atoms with Gasteiger partial charge in [0.05, 0.1) is 22.9 Å². The number of nitrogens with zero attached hydrogens (tertiary/aromatic N) is 2.